The van der Waals surface area contributed by atoms with Crippen molar-refractivity contribution in [1.29, 1.82) is 0 Å². The third-order valence-electron chi connectivity index (χ3n) is 1.82. The number of nitrogens with zero attached hydrogens (tertiary/aromatic N) is 1. The number of hydrogen-bond acceptors (Lipinski definition) is 3. The Kier molecular flexibility index (Phi) is 4.21. The summed E-state index contributed by atoms with van der Waals surface area (Å²) in [4.78, 5) is 2.21. The fourth-order valence-corrected chi connectivity index (χ4v) is 1.63. The lowest BCUT2D eigenvalue weighted by atomic mass is 10.3. The molecule has 0 aromatic carbocycles. The lowest BCUT2D eigenvalue weighted by Gasteiger charge is -2.31. The van der Waals surface area contributed by atoms with Crippen LogP contribution < -0.4 is 0 Å². The minimum Gasteiger partial charge on any atom is -0.394 e. The van der Waals surface area contributed by atoms with Crippen molar-refractivity contribution in [2.45, 2.75) is 6.10 Å². The summed E-state index contributed by atoms with van der Waals surface area (Å²) in [6.45, 7) is 7.12. The van der Waals surface area contributed by atoms with Gasteiger partial charge in [-0.2, -0.15) is 0 Å². The first-order valence-electron chi connectivity index (χ1n) is 4.00. The molecule has 0 spiro atoms. The van der Waals surface area contributed by atoms with Crippen LogP contribution in [0.15, 0.2) is 11.1 Å². The summed E-state index contributed by atoms with van der Waals surface area (Å²) in [6, 6.07) is 0. The molecule has 0 saturated carbocycles. The predicted molar refractivity (Wildman–Crippen MR) is 51.3 cm³/mol. The van der Waals surface area contributed by atoms with Crippen molar-refractivity contribution in [3.05, 3.63) is 11.1 Å². The molecule has 1 aliphatic rings. The summed E-state index contributed by atoms with van der Waals surface area (Å²) in [5.74, 6) is 0. The van der Waals surface area contributed by atoms with Gasteiger partial charge in [0.2, 0.25) is 0 Å². The first kappa shape index (κ1) is 10.2. The van der Waals surface area contributed by atoms with Gasteiger partial charge in [0.05, 0.1) is 19.3 Å². The Labute approximate surface area is 81.1 Å². The summed E-state index contributed by atoms with van der Waals surface area (Å²) in [5, 5.41) is 8.86. The topological polar surface area (TPSA) is 32.7 Å². The molecule has 1 aliphatic heterocycles. The van der Waals surface area contributed by atoms with E-state index in [4.69, 9.17) is 9.84 Å². The van der Waals surface area contributed by atoms with Gasteiger partial charge in [-0.05, 0) is 0 Å². The van der Waals surface area contributed by atoms with Gasteiger partial charge in [0, 0.05) is 24.1 Å². The van der Waals surface area contributed by atoms with Crippen molar-refractivity contribution >= 4 is 15.9 Å². The van der Waals surface area contributed by atoms with Crippen LogP contribution in [0.5, 0.6) is 0 Å². The van der Waals surface area contributed by atoms with Gasteiger partial charge in [0.15, 0.2) is 0 Å². The molecule has 1 rings (SSSR count). The Morgan fingerprint density at radius 1 is 1.75 bits per heavy atom. The van der Waals surface area contributed by atoms with Crippen molar-refractivity contribution < 1.29 is 9.84 Å². The highest BCUT2D eigenvalue weighted by Crippen LogP contribution is 2.09. The van der Waals surface area contributed by atoms with Gasteiger partial charge in [0.1, 0.15) is 0 Å². The van der Waals surface area contributed by atoms with Crippen LogP contribution >= 0.6 is 15.9 Å². The van der Waals surface area contributed by atoms with Crippen LogP contribution in [0.2, 0.25) is 0 Å². The van der Waals surface area contributed by atoms with E-state index in [0.29, 0.717) is 6.61 Å². The van der Waals surface area contributed by atoms with Crippen molar-refractivity contribution in [1.82, 2.24) is 4.90 Å². The molecular formula is C8H14BrNO2. The standard InChI is InChI=1S/C8H14BrNO2/c1-7(9)4-10-2-3-12-8(5-10)6-11/h8,11H,1-6H2. The highest BCUT2D eigenvalue weighted by molar-refractivity contribution is 9.11. The molecular weight excluding hydrogens is 222 g/mol. The summed E-state index contributed by atoms with van der Waals surface area (Å²) in [6.07, 6.45) is -0.0226. The molecule has 1 fully saturated rings. The van der Waals surface area contributed by atoms with E-state index < -0.39 is 0 Å². The lowest BCUT2D eigenvalue weighted by molar-refractivity contribution is -0.0496. The van der Waals surface area contributed by atoms with Crippen LogP contribution in [0.3, 0.4) is 0 Å². The van der Waals surface area contributed by atoms with E-state index >= 15 is 0 Å². The van der Waals surface area contributed by atoms with Crippen molar-refractivity contribution in [3.63, 3.8) is 0 Å². The van der Waals surface area contributed by atoms with Gasteiger partial charge in [-0.1, -0.05) is 22.5 Å². The number of aliphatic hydroxyl groups excluding tert-OH is 1. The SMILES string of the molecule is C=C(Br)CN1CCOC(CO)C1. The first-order chi connectivity index (χ1) is 5.72. The maximum absolute atomic E-state index is 8.86. The zero-order valence-corrected chi connectivity index (χ0v) is 8.59. The number of ether oxygens (including phenoxy) is 1. The number of morpholine rings is 1. The maximum atomic E-state index is 8.86. The molecule has 0 aliphatic carbocycles. The zero-order valence-electron chi connectivity index (χ0n) is 7.00. The third-order valence-corrected chi connectivity index (χ3v) is 2.07. The van der Waals surface area contributed by atoms with E-state index in [2.05, 4.69) is 27.4 Å². The van der Waals surface area contributed by atoms with Crippen LogP contribution in [-0.4, -0.2) is 49.0 Å². The average Bonchev–Trinajstić information content (AvgIpc) is 2.03. The highest BCUT2D eigenvalue weighted by atomic mass is 79.9. The normalized spacial score (nSPS) is 25.7. The fraction of sp³-hybridized carbons (Fsp3) is 0.750. The van der Waals surface area contributed by atoms with Crippen molar-refractivity contribution in [2.24, 2.45) is 0 Å². The summed E-state index contributed by atoms with van der Waals surface area (Å²) >= 11 is 3.31. The van der Waals surface area contributed by atoms with Crippen molar-refractivity contribution in [3.8, 4) is 0 Å². The molecule has 0 aromatic heterocycles. The summed E-state index contributed by atoms with van der Waals surface area (Å²) in [7, 11) is 0. The largest absolute Gasteiger partial charge is 0.394 e. The zero-order chi connectivity index (χ0) is 8.97. The minimum atomic E-state index is -0.0226. The second-order valence-electron chi connectivity index (χ2n) is 2.93. The monoisotopic (exact) mass is 235 g/mol. The van der Waals surface area contributed by atoms with Crippen LogP contribution in [0.25, 0.3) is 0 Å². The van der Waals surface area contributed by atoms with Crippen LogP contribution in [0, 0.1) is 0 Å². The molecule has 0 aromatic rings. The molecule has 1 atom stereocenters. The molecule has 1 unspecified atom stereocenters. The van der Waals surface area contributed by atoms with E-state index in [1.165, 1.54) is 0 Å². The van der Waals surface area contributed by atoms with Crippen LogP contribution in [-0.2, 0) is 4.74 Å². The first-order valence-corrected chi connectivity index (χ1v) is 4.79. The number of aliphatic hydroxyl groups is 1. The Bertz CT molecular complexity index is 163. The maximum Gasteiger partial charge on any atom is 0.0933 e. The van der Waals surface area contributed by atoms with Gasteiger partial charge in [-0.3, -0.25) is 4.90 Å². The average molecular weight is 236 g/mol. The molecule has 0 amide bonds. The molecule has 1 N–H and O–H groups in total. The molecule has 70 valence electrons. The lowest BCUT2D eigenvalue weighted by Crippen LogP contribution is -2.44. The van der Waals surface area contributed by atoms with Gasteiger partial charge in [0.25, 0.3) is 0 Å². The van der Waals surface area contributed by atoms with E-state index in [-0.39, 0.29) is 12.7 Å². The smallest absolute Gasteiger partial charge is 0.0933 e. The fourth-order valence-electron chi connectivity index (χ4n) is 1.28. The molecule has 1 heterocycles. The Morgan fingerprint density at radius 2 is 2.50 bits per heavy atom. The van der Waals surface area contributed by atoms with E-state index in [9.17, 15) is 0 Å². The molecule has 1 saturated heterocycles. The summed E-state index contributed by atoms with van der Waals surface area (Å²) in [5.41, 5.74) is 0. The highest BCUT2D eigenvalue weighted by Gasteiger charge is 2.19. The molecule has 3 nitrogen and oxygen atoms in total. The molecule has 0 radical (unpaired) electrons. The molecule has 12 heavy (non-hydrogen) atoms. The Hall–Kier alpha value is 0.1000. The quantitative estimate of drug-likeness (QED) is 0.778. The van der Waals surface area contributed by atoms with E-state index in [1.54, 1.807) is 0 Å². The Balaban J connectivity index is 2.30. The number of halogens is 1. The van der Waals surface area contributed by atoms with Crippen LogP contribution in [0.4, 0.5) is 0 Å². The molecule has 0 bridgehead atoms. The van der Waals surface area contributed by atoms with Gasteiger partial charge >= 0.3 is 0 Å². The number of hydrogen-bond donors (Lipinski definition) is 1. The van der Waals surface area contributed by atoms with Gasteiger partial charge in [-0.25, -0.2) is 0 Å². The van der Waals surface area contributed by atoms with E-state index in [0.717, 1.165) is 24.1 Å². The minimum absolute atomic E-state index is 0.0226. The van der Waals surface area contributed by atoms with Crippen molar-refractivity contribution in [2.75, 3.05) is 32.8 Å². The Morgan fingerprint density at radius 3 is 3.08 bits per heavy atom. The second kappa shape index (κ2) is 4.97. The number of rotatable bonds is 3. The van der Waals surface area contributed by atoms with Crippen LogP contribution in [0.1, 0.15) is 0 Å². The van der Waals surface area contributed by atoms with E-state index in [1.807, 2.05) is 0 Å². The van der Waals surface area contributed by atoms with Gasteiger partial charge in [-0.15, -0.1) is 0 Å². The summed E-state index contributed by atoms with van der Waals surface area (Å²) < 4.78 is 6.28. The third kappa shape index (κ3) is 3.23. The molecule has 4 heteroatoms. The van der Waals surface area contributed by atoms with Gasteiger partial charge < -0.3 is 9.84 Å². The predicted octanol–water partition coefficient (Wildman–Crippen LogP) is 0.588. The second-order valence-corrected chi connectivity index (χ2v) is 4.05.